The van der Waals surface area contributed by atoms with Crippen molar-refractivity contribution >= 4 is 0 Å². The van der Waals surface area contributed by atoms with Crippen molar-refractivity contribution in [3.63, 3.8) is 0 Å². The second-order valence-corrected chi connectivity index (χ2v) is 5.00. The summed E-state index contributed by atoms with van der Waals surface area (Å²) in [6.45, 7) is 22.7. The molecule has 0 heterocycles. The maximum Gasteiger partial charge on any atom is -0.0307 e. The Hall–Kier alpha value is -1.56. The highest BCUT2D eigenvalue weighted by molar-refractivity contribution is 5.27. The van der Waals surface area contributed by atoms with Crippen LogP contribution in [0.4, 0.5) is 0 Å². The van der Waals surface area contributed by atoms with Gasteiger partial charge >= 0.3 is 0 Å². The van der Waals surface area contributed by atoms with E-state index in [1.807, 2.05) is 41.5 Å². The highest BCUT2D eigenvalue weighted by Gasteiger charge is 1.87. The minimum absolute atomic E-state index is 1.14. The Morgan fingerprint density at radius 3 is 1.04 bits per heavy atom. The Morgan fingerprint density at radius 2 is 0.792 bits per heavy atom. The van der Waals surface area contributed by atoms with E-state index in [-0.39, 0.29) is 0 Å². The van der Waals surface area contributed by atoms with Crippen molar-refractivity contribution in [2.24, 2.45) is 0 Å². The largest absolute Gasteiger partial charge is 0.0683 e. The summed E-state index contributed by atoms with van der Waals surface area (Å²) in [5, 5.41) is 0. The van der Waals surface area contributed by atoms with Crippen molar-refractivity contribution < 1.29 is 0 Å². The monoisotopic (exact) mass is 330 g/mol. The Balaban J connectivity index is -0.000000281. The molecule has 0 fully saturated rings. The first kappa shape index (κ1) is 27.3. The van der Waals surface area contributed by atoms with Gasteiger partial charge in [-0.05, 0) is 39.7 Å². The zero-order valence-corrected chi connectivity index (χ0v) is 18.2. The number of hydrogen-bond donors (Lipinski definition) is 0. The van der Waals surface area contributed by atoms with Gasteiger partial charge in [0.25, 0.3) is 0 Å². The average molecular weight is 331 g/mol. The molecule has 24 heavy (non-hydrogen) atoms. The first-order valence-corrected chi connectivity index (χ1v) is 9.61. The summed E-state index contributed by atoms with van der Waals surface area (Å²) in [5.41, 5.74) is 6.82. The van der Waals surface area contributed by atoms with Gasteiger partial charge in [0.05, 0.1) is 0 Å². The van der Waals surface area contributed by atoms with Crippen molar-refractivity contribution in [2.45, 2.75) is 82.6 Å². The fourth-order valence-corrected chi connectivity index (χ4v) is 2.03. The highest BCUT2D eigenvalue weighted by Crippen LogP contribution is 2.06. The van der Waals surface area contributed by atoms with Crippen molar-refractivity contribution in [1.82, 2.24) is 0 Å². The third kappa shape index (κ3) is 15.3. The van der Waals surface area contributed by atoms with Gasteiger partial charge in [0.15, 0.2) is 0 Å². The molecule has 0 heteroatoms. The Kier molecular flexibility index (Phi) is 22.2. The van der Waals surface area contributed by atoms with Gasteiger partial charge in [0, 0.05) is 0 Å². The van der Waals surface area contributed by atoms with E-state index in [0.29, 0.717) is 0 Å². The number of hydrogen-bond acceptors (Lipinski definition) is 0. The van der Waals surface area contributed by atoms with Crippen molar-refractivity contribution in [1.29, 1.82) is 0 Å². The van der Waals surface area contributed by atoms with Crippen LogP contribution in [0.5, 0.6) is 0 Å². The van der Waals surface area contributed by atoms with Crippen LogP contribution in [0.15, 0.2) is 42.5 Å². The van der Waals surface area contributed by atoms with E-state index in [4.69, 9.17) is 0 Å². The highest BCUT2D eigenvalue weighted by atomic mass is 13.9. The van der Waals surface area contributed by atoms with E-state index < -0.39 is 0 Å². The molecule has 0 saturated heterocycles. The molecule has 0 unspecified atom stereocenters. The SMILES string of the molecule is CC.CC.CC.CCc1ccc(C)cc1.Cc1cc(C)cc(C)c1. The second kappa shape index (κ2) is 19.5. The van der Waals surface area contributed by atoms with Crippen molar-refractivity contribution in [3.8, 4) is 0 Å². The maximum absolute atomic E-state index is 2.19. The molecule has 0 nitrogen and oxygen atoms in total. The van der Waals surface area contributed by atoms with Gasteiger partial charge in [0.2, 0.25) is 0 Å². The minimum Gasteiger partial charge on any atom is -0.0683 e. The topological polar surface area (TPSA) is 0 Å². The Morgan fingerprint density at radius 1 is 0.500 bits per heavy atom. The van der Waals surface area contributed by atoms with E-state index in [1.165, 1.54) is 27.8 Å². The quantitative estimate of drug-likeness (QED) is 0.493. The molecule has 0 saturated carbocycles. The van der Waals surface area contributed by atoms with E-state index in [1.54, 1.807) is 0 Å². The fraction of sp³-hybridized carbons (Fsp3) is 0.500. The minimum atomic E-state index is 1.14. The van der Waals surface area contributed by atoms with Crippen LogP contribution in [-0.4, -0.2) is 0 Å². The second-order valence-electron chi connectivity index (χ2n) is 5.00. The number of aryl methyl sites for hydroxylation is 5. The average Bonchev–Trinajstić information content (AvgIpc) is 2.60. The molecule has 0 radical (unpaired) electrons. The molecule has 0 aliphatic carbocycles. The molecule has 2 aromatic rings. The first-order chi connectivity index (χ1) is 11.5. The Labute approximate surface area is 153 Å². The van der Waals surface area contributed by atoms with Gasteiger partial charge in [-0.15, -0.1) is 0 Å². The van der Waals surface area contributed by atoms with E-state index in [2.05, 4.69) is 77.1 Å². The van der Waals surface area contributed by atoms with Crippen molar-refractivity contribution in [2.75, 3.05) is 0 Å². The summed E-state index contributed by atoms with van der Waals surface area (Å²) >= 11 is 0. The lowest BCUT2D eigenvalue weighted by atomic mass is 10.1. The van der Waals surface area contributed by atoms with E-state index >= 15 is 0 Å². The van der Waals surface area contributed by atoms with Crippen LogP contribution in [0.2, 0.25) is 0 Å². The lowest BCUT2D eigenvalue weighted by molar-refractivity contribution is 1.14. The standard InChI is InChI=1S/2C9H12.3C2H6/c1-7-4-8(2)6-9(3)5-7;1-3-9-6-4-8(2)5-7-9;3*1-2/h4-6H,1-3H3;4-7H,3H2,1-2H3;3*1-2H3. The summed E-state index contributed by atoms with van der Waals surface area (Å²) in [6.07, 6.45) is 1.14. The molecule has 2 aromatic carbocycles. The first-order valence-electron chi connectivity index (χ1n) is 9.61. The smallest absolute Gasteiger partial charge is 0.0307 e. The van der Waals surface area contributed by atoms with Gasteiger partial charge < -0.3 is 0 Å². The molecule has 0 aliphatic heterocycles. The van der Waals surface area contributed by atoms with Gasteiger partial charge in [-0.25, -0.2) is 0 Å². The van der Waals surface area contributed by atoms with Gasteiger partial charge in [-0.1, -0.05) is 113 Å². The zero-order chi connectivity index (χ0) is 19.5. The van der Waals surface area contributed by atoms with Crippen LogP contribution >= 0.6 is 0 Å². The molecule has 0 atom stereocenters. The molecule has 0 aromatic heterocycles. The molecule has 138 valence electrons. The lowest BCUT2D eigenvalue weighted by Gasteiger charge is -1.96. The summed E-state index contributed by atoms with van der Waals surface area (Å²) in [4.78, 5) is 0. The van der Waals surface area contributed by atoms with Gasteiger partial charge in [-0.3, -0.25) is 0 Å². The number of benzene rings is 2. The van der Waals surface area contributed by atoms with Crippen molar-refractivity contribution in [3.05, 3.63) is 70.3 Å². The molecule has 0 N–H and O–H groups in total. The molecule has 0 amide bonds. The molecular formula is C24H42. The molecule has 0 bridgehead atoms. The molecular weight excluding hydrogens is 288 g/mol. The lowest BCUT2D eigenvalue weighted by Crippen LogP contribution is -1.78. The third-order valence-corrected chi connectivity index (χ3v) is 2.89. The van der Waals surface area contributed by atoms with E-state index in [9.17, 15) is 0 Å². The summed E-state index contributed by atoms with van der Waals surface area (Å²) < 4.78 is 0. The van der Waals surface area contributed by atoms with Gasteiger partial charge in [0.1, 0.15) is 0 Å². The van der Waals surface area contributed by atoms with Crippen LogP contribution in [0.3, 0.4) is 0 Å². The van der Waals surface area contributed by atoms with Gasteiger partial charge in [-0.2, -0.15) is 0 Å². The predicted molar refractivity (Wildman–Crippen MR) is 115 cm³/mol. The molecule has 0 aliphatic rings. The summed E-state index contributed by atoms with van der Waals surface area (Å²) in [6, 6.07) is 15.2. The fourth-order valence-electron chi connectivity index (χ4n) is 2.03. The Bertz CT molecular complexity index is 427. The predicted octanol–water partition coefficient (Wildman–Crippen LogP) is 8.25. The van der Waals surface area contributed by atoms with Crippen LogP contribution < -0.4 is 0 Å². The number of rotatable bonds is 1. The van der Waals surface area contributed by atoms with Crippen LogP contribution in [0.1, 0.15) is 76.3 Å². The van der Waals surface area contributed by atoms with Crippen LogP contribution in [0, 0.1) is 27.7 Å². The summed E-state index contributed by atoms with van der Waals surface area (Å²) in [7, 11) is 0. The molecule has 2 rings (SSSR count). The third-order valence-electron chi connectivity index (χ3n) is 2.89. The summed E-state index contributed by atoms with van der Waals surface area (Å²) in [5.74, 6) is 0. The normalized spacial score (nSPS) is 7.96. The molecule has 0 spiro atoms. The van der Waals surface area contributed by atoms with E-state index in [0.717, 1.165) is 6.42 Å². The zero-order valence-electron chi connectivity index (χ0n) is 18.2. The maximum atomic E-state index is 2.19. The van der Waals surface area contributed by atoms with Crippen LogP contribution in [0.25, 0.3) is 0 Å². The van der Waals surface area contributed by atoms with Crippen LogP contribution in [-0.2, 0) is 6.42 Å².